The summed E-state index contributed by atoms with van der Waals surface area (Å²) < 4.78 is 39.5. The van der Waals surface area contributed by atoms with Gasteiger partial charge in [-0.1, -0.05) is 6.07 Å². The smallest absolute Gasteiger partial charge is 0.133 e. The van der Waals surface area contributed by atoms with Crippen LogP contribution in [0.3, 0.4) is 0 Å². The Hall–Kier alpha value is -1.81. The highest BCUT2D eigenvalue weighted by Gasteiger charge is 2.08. The van der Waals surface area contributed by atoms with Crippen LogP contribution in [0.1, 0.15) is 5.56 Å². The van der Waals surface area contributed by atoms with Crippen LogP contribution >= 0.6 is 0 Å². The van der Waals surface area contributed by atoms with Gasteiger partial charge in [-0.05, 0) is 29.8 Å². The molecule has 0 aliphatic rings. The van der Waals surface area contributed by atoms with Crippen molar-refractivity contribution in [2.75, 3.05) is 0 Å². The van der Waals surface area contributed by atoms with E-state index in [0.717, 1.165) is 12.1 Å². The lowest BCUT2D eigenvalue weighted by Crippen LogP contribution is -2.00. The summed E-state index contributed by atoms with van der Waals surface area (Å²) >= 11 is 0. The summed E-state index contributed by atoms with van der Waals surface area (Å²) in [5.41, 5.74) is 6.36. The number of hydrogen-bond donors (Lipinski definition) is 1. The Labute approximate surface area is 96.7 Å². The van der Waals surface area contributed by atoms with Crippen molar-refractivity contribution in [1.29, 1.82) is 0 Å². The standard InChI is InChI=1S/C13H10F3N/c14-10-2-3-11(13(16)6-10)8-1-4-12(15)9(5-8)7-17/h1-6H,7,17H2. The molecule has 2 N–H and O–H groups in total. The molecule has 2 aromatic rings. The molecule has 0 aromatic heterocycles. The minimum atomic E-state index is -0.681. The first-order chi connectivity index (χ1) is 8.11. The maximum absolute atomic E-state index is 13.5. The van der Waals surface area contributed by atoms with Gasteiger partial charge in [-0.2, -0.15) is 0 Å². The van der Waals surface area contributed by atoms with Crippen molar-refractivity contribution in [3.63, 3.8) is 0 Å². The van der Waals surface area contributed by atoms with Crippen LogP contribution in [-0.2, 0) is 6.54 Å². The zero-order valence-electron chi connectivity index (χ0n) is 8.88. The first-order valence-electron chi connectivity index (χ1n) is 5.05. The van der Waals surface area contributed by atoms with E-state index in [1.54, 1.807) is 0 Å². The van der Waals surface area contributed by atoms with Crippen LogP contribution in [0.25, 0.3) is 11.1 Å². The lowest BCUT2D eigenvalue weighted by molar-refractivity contribution is 0.585. The molecule has 0 amide bonds. The van der Waals surface area contributed by atoms with Crippen molar-refractivity contribution >= 4 is 0 Å². The van der Waals surface area contributed by atoms with Crippen molar-refractivity contribution in [2.45, 2.75) is 6.54 Å². The normalized spacial score (nSPS) is 10.6. The SMILES string of the molecule is NCc1cc(-c2ccc(F)cc2F)ccc1F. The second kappa shape index (κ2) is 4.59. The molecule has 1 nitrogen and oxygen atoms in total. The van der Waals surface area contributed by atoms with Gasteiger partial charge in [0.25, 0.3) is 0 Å². The first-order valence-corrected chi connectivity index (χ1v) is 5.05. The number of halogens is 3. The van der Waals surface area contributed by atoms with Gasteiger partial charge in [-0.25, -0.2) is 13.2 Å². The third-order valence-corrected chi connectivity index (χ3v) is 2.51. The van der Waals surface area contributed by atoms with Crippen molar-refractivity contribution in [2.24, 2.45) is 5.73 Å². The lowest BCUT2D eigenvalue weighted by atomic mass is 10.0. The molecule has 0 fully saturated rings. The Morgan fingerprint density at radius 3 is 2.29 bits per heavy atom. The Morgan fingerprint density at radius 2 is 1.65 bits per heavy atom. The highest BCUT2D eigenvalue weighted by molar-refractivity contribution is 5.65. The number of hydrogen-bond acceptors (Lipinski definition) is 1. The van der Waals surface area contributed by atoms with Gasteiger partial charge in [0.15, 0.2) is 0 Å². The quantitative estimate of drug-likeness (QED) is 0.852. The number of rotatable bonds is 2. The number of nitrogens with two attached hydrogens (primary N) is 1. The molecule has 2 rings (SSSR count). The molecule has 0 saturated heterocycles. The summed E-state index contributed by atoms with van der Waals surface area (Å²) in [6.45, 7) is 0.0302. The summed E-state index contributed by atoms with van der Waals surface area (Å²) in [5, 5.41) is 0. The van der Waals surface area contributed by atoms with Gasteiger partial charge in [0.1, 0.15) is 17.5 Å². The van der Waals surface area contributed by atoms with E-state index in [2.05, 4.69) is 0 Å². The topological polar surface area (TPSA) is 26.0 Å². The fraction of sp³-hybridized carbons (Fsp3) is 0.0769. The fourth-order valence-corrected chi connectivity index (χ4v) is 1.62. The summed E-state index contributed by atoms with van der Waals surface area (Å²) in [5.74, 6) is -1.76. The van der Waals surface area contributed by atoms with E-state index in [4.69, 9.17) is 5.73 Å². The maximum atomic E-state index is 13.5. The molecule has 0 bridgehead atoms. The molecule has 88 valence electrons. The fourth-order valence-electron chi connectivity index (χ4n) is 1.62. The van der Waals surface area contributed by atoms with E-state index in [1.165, 1.54) is 24.3 Å². The summed E-state index contributed by atoms with van der Waals surface area (Å²) in [4.78, 5) is 0. The van der Waals surface area contributed by atoms with E-state index < -0.39 is 17.5 Å². The lowest BCUT2D eigenvalue weighted by Gasteiger charge is -2.06. The molecule has 4 heteroatoms. The largest absolute Gasteiger partial charge is 0.326 e. The minimum absolute atomic E-state index is 0.0302. The van der Waals surface area contributed by atoms with E-state index >= 15 is 0 Å². The Balaban J connectivity index is 2.53. The van der Waals surface area contributed by atoms with Gasteiger partial charge < -0.3 is 5.73 Å². The van der Waals surface area contributed by atoms with Crippen LogP contribution in [0.5, 0.6) is 0 Å². The van der Waals surface area contributed by atoms with Crippen molar-refractivity contribution in [1.82, 2.24) is 0 Å². The Morgan fingerprint density at radius 1 is 0.882 bits per heavy atom. The van der Waals surface area contributed by atoms with E-state index in [1.807, 2.05) is 0 Å². The molecule has 0 spiro atoms. The van der Waals surface area contributed by atoms with E-state index in [0.29, 0.717) is 11.1 Å². The van der Waals surface area contributed by atoms with Crippen molar-refractivity contribution in [3.8, 4) is 11.1 Å². The summed E-state index contributed by atoms with van der Waals surface area (Å²) in [7, 11) is 0. The van der Waals surface area contributed by atoms with Gasteiger partial charge in [0.05, 0.1) is 0 Å². The monoisotopic (exact) mass is 237 g/mol. The van der Waals surface area contributed by atoms with Gasteiger partial charge in [-0.3, -0.25) is 0 Å². The molecule has 17 heavy (non-hydrogen) atoms. The average Bonchev–Trinajstić information content (AvgIpc) is 2.30. The number of benzene rings is 2. The van der Waals surface area contributed by atoms with Gasteiger partial charge >= 0.3 is 0 Å². The van der Waals surface area contributed by atoms with E-state index in [-0.39, 0.29) is 12.1 Å². The highest BCUT2D eigenvalue weighted by Crippen LogP contribution is 2.25. The van der Waals surface area contributed by atoms with Crippen LogP contribution in [0.15, 0.2) is 36.4 Å². The zero-order chi connectivity index (χ0) is 12.4. The minimum Gasteiger partial charge on any atom is -0.326 e. The van der Waals surface area contributed by atoms with Crippen molar-refractivity contribution in [3.05, 3.63) is 59.4 Å². The zero-order valence-corrected chi connectivity index (χ0v) is 8.88. The molecule has 0 saturated carbocycles. The predicted molar refractivity (Wildman–Crippen MR) is 59.6 cm³/mol. The third kappa shape index (κ3) is 2.31. The Bertz CT molecular complexity index is 552. The van der Waals surface area contributed by atoms with E-state index in [9.17, 15) is 13.2 Å². The Kier molecular flexibility index (Phi) is 3.15. The maximum Gasteiger partial charge on any atom is 0.133 e. The van der Waals surface area contributed by atoms with Gasteiger partial charge in [-0.15, -0.1) is 0 Å². The first kappa shape index (κ1) is 11.7. The molecule has 0 atom stereocenters. The van der Waals surface area contributed by atoms with Gasteiger partial charge in [0, 0.05) is 23.7 Å². The molecule has 2 aromatic carbocycles. The average molecular weight is 237 g/mol. The molecule has 0 aliphatic carbocycles. The van der Waals surface area contributed by atoms with Crippen molar-refractivity contribution < 1.29 is 13.2 Å². The van der Waals surface area contributed by atoms with Gasteiger partial charge in [0.2, 0.25) is 0 Å². The van der Waals surface area contributed by atoms with Crippen LogP contribution in [0, 0.1) is 17.5 Å². The summed E-state index contributed by atoms with van der Waals surface area (Å²) in [6.07, 6.45) is 0. The van der Waals surface area contributed by atoms with Crippen LogP contribution in [0.2, 0.25) is 0 Å². The van der Waals surface area contributed by atoms with Crippen LogP contribution in [-0.4, -0.2) is 0 Å². The predicted octanol–water partition coefficient (Wildman–Crippen LogP) is 3.23. The van der Waals surface area contributed by atoms with Crippen LogP contribution < -0.4 is 5.73 Å². The summed E-state index contributed by atoms with van der Waals surface area (Å²) in [6, 6.07) is 7.39. The third-order valence-electron chi connectivity index (χ3n) is 2.51. The second-order valence-corrected chi connectivity index (χ2v) is 3.63. The van der Waals surface area contributed by atoms with Crippen LogP contribution in [0.4, 0.5) is 13.2 Å². The highest BCUT2D eigenvalue weighted by atomic mass is 19.1. The molecule has 0 unspecified atom stereocenters. The molecular formula is C13H10F3N. The molecule has 0 aliphatic heterocycles. The molecule has 0 heterocycles. The second-order valence-electron chi connectivity index (χ2n) is 3.63. The molecule has 0 radical (unpaired) electrons. The molecular weight excluding hydrogens is 227 g/mol.